The molecule has 0 aromatic rings. The lowest BCUT2D eigenvalue weighted by atomic mass is 9.77. The lowest BCUT2D eigenvalue weighted by Gasteiger charge is -2.39. The van der Waals surface area contributed by atoms with Crippen LogP contribution in [0.2, 0.25) is 0 Å². The fourth-order valence-electron chi connectivity index (χ4n) is 4.73. The van der Waals surface area contributed by atoms with Gasteiger partial charge in [-0.15, -0.1) is 0 Å². The molecule has 2 rings (SSSR count). The number of carbonyl (C=O) groups excluding carboxylic acids is 4. The molecule has 1 unspecified atom stereocenters. The molecule has 0 aromatic carbocycles. The molecular weight excluding hydrogens is 443 g/mol. The van der Waals surface area contributed by atoms with E-state index in [1.165, 1.54) is 11.9 Å². The molecule has 2 saturated heterocycles. The lowest BCUT2D eigenvalue weighted by molar-refractivity contribution is -0.177. The number of nitriles is 1. The monoisotopic (exact) mass is 473 g/mol. The van der Waals surface area contributed by atoms with Gasteiger partial charge in [-0.25, -0.2) is 0 Å². The van der Waals surface area contributed by atoms with E-state index < -0.39 is 46.8 Å². The Balaban J connectivity index is 2.49. The summed E-state index contributed by atoms with van der Waals surface area (Å²) < 4.78 is 39.1. The Bertz CT molecular complexity index is 856. The highest BCUT2D eigenvalue weighted by Gasteiger charge is 2.56. The highest BCUT2D eigenvalue weighted by atomic mass is 19.4. The molecule has 2 heterocycles. The molecule has 0 saturated carbocycles. The standard InChI is InChI=1S/C21H30F3N5O4/c1-12(2)8-14(19(3,16(31)26-4)28-18(33)21(22,23)24)15(30)29-11-20(9-13(29)10-25)6-5-7-27-17(20)32/h12-14H,5-9,11H2,1-4H3,(H,26,31)(H,27,32)(H,28,33)/t13-,14+,19?,20+/m0/s1. The normalized spacial score (nSPS) is 25.7. The SMILES string of the molecule is CNC(=O)C(C)(NC(=O)C(F)(F)F)[C@H](CC(C)C)C(=O)N1C[C@@]2(CCCNC2=O)C[C@H]1C#N. The summed E-state index contributed by atoms with van der Waals surface area (Å²) in [4.78, 5) is 52.0. The zero-order valence-corrected chi connectivity index (χ0v) is 19.1. The summed E-state index contributed by atoms with van der Waals surface area (Å²) >= 11 is 0. The van der Waals surface area contributed by atoms with Crippen molar-refractivity contribution in [2.24, 2.45) is 17.3 Å². The topological polar surface area (TPSA) is 131 Å². The zero-order valence-electron chi connectivity index (χ0n) is 19.1. The Morgan fingerprint density at radius 1 is 1.30 bits per heavy atom. The summed E-state index contributed by atoms with van der Waals surface area (Å²) in [5, 5.41) is 16.4. The highest BCUT2D eigenvalue weighted by Crippen LogP contribution is 2.42. The second-order valence-electron chi connectivity index (χ2n) is 9.37. The van der Waals surface area contributed by atoms with Gasteiger partial charge in [-0.1, -0.05) is 13.8 Å². The molecule has 2 fully saturated rings. The summed E-state index contributed by atoms with van der Waals surface area (Å²) in [6.07, 6.45) is -4.07. The molecule has 3 N–H and O–H groups in total. The number of likely N-dealkylation sites (tertiary alicyclic amines) is 1. The Kier molecular flexibility index (Phi) is 7.66. The third kappa shape index (κ3) is 5.23. The van der Waals surface area contributed by atoms with Crippen LogP contribution in [0.25, 0.3) is 0 Å². The van der Waals surface area contributed by atoms with Crippen LogP contribution in [0.3, 0.4) is 0 Å². The largest absolute Gasteiger partial charge is 0.471 e. The van der Waals surface area contributed by atoms with Crippen molar-refractivity contribution in [2.75, 3.05) is 20.1 Å². The maximum atomic E-state index is 13.7. The molecule has 2 aliphatic heterocycles. The van der Waals surface area contributed by atoms with E-state index in [1.807, 2.05) is 6.07 Å². The zero-order chi connectivity index (χ0) is 25.2. The summed E-state index contributed by atoms with van der Waals surface area (Å²) in [7, 11) is 1.19. The number of carbonyl (C=O) groups is 4. The average molecular weight is 473 g/mol. The molecule has 4 amide bonds. The Morgan fingerprint density at radius 3 is 2.42 bits per heavy atom. The highest BCUT2D eigenvalue weighted by molar-refractivity contribution is 5.98. The van der Waals surface area contributed by atoms with E-state index in [1.54, 1.807) is 19.2 Å². The first kappa shape index (κ1) is 26.4. The predicted octanol–water partition coefficient (Wildman–Crippen LogP) is 0.853. The molecule has 9 nitrogen and oxygen atoms in total. The van der Waals surface area contributed by atoms with Crippen molar-refractivity contribution in [3.05, 3.63) is 0 Å². The first-order chi connectivity index (χ1) is 15.2. The summed E-state index contributed by atoms with van der Waals surface area (Å²) in [6.45, 7) is 4.92. The van der Waals surface area contributed by atoms with E-state index in [9.17, 15) is 37.6 Å². The number of rotatable bonds is 6. The first-order valence-corrected chi connectivity index (χ1v) is 10.8. The van der Waals surface area contributed by atoms with Crippen molar-refractivity contribution < 1.29 is 32.3 Å². The molecule has 12 heteroatoms. The summed E-state index contributed by atoms with van der Waals surface area (Å²) in [5.74, 6) is -5.99. The molecule has 1 spiro atoms. The number of nitrogens with one attached hydrogen (secondary N) is 3. The molecule has 0 bridgehead atoms. The van der Waals surface area contributed by atoms with Crippen LogP contribution in [0, 0.1) is 28.6 Å². The third-order valence-corrected chi connectivity index (χ3v) is 6.50. The Labute approximate surface area is 190 Å². The van der Waals surface area contributed by atoms with Crippen LogP contribution >= 0.6 is 0 Å². The van der Waals surface area contributed by atoms with Gasteiger partial charge in [0.05, 0.1) is 17.4 Å². The average Bonchev–Trinajstić information content (AvgIpc) is 3.11. The fourth-order valence-corrected chi connectivity index (χ4v) is 4.73. The van der Waals surface area contributed by atoms with Crippen LogP contribution in [-0.4, -0.2) is 66.4 Å². The van der Waals surface area contributed by atoms with Crippen molar-refractivity contribution in [2.45, 2.75) is 64.2 Å². The van der Waals surface area contributed by atoms with Gasteiger partial charge in [-0.2, -0.15) is 18.4 Å². The first-order valence-electron chi connectivity index (χ1n) is 10.8. The van der Waals surface area contributed by atoms with Crippen molar-refractivity contribution in [3.8, 4) is 6.07 Å². The van der Waals surface area contributed by atoms with Crippen molar-refractivity contribution in [1.29, 1.82) is 5.26 Å². The third-order valence-electron chi connectivity index (χ3n) is 6.50. The van der Waals surface area contributed by atoms with Crippen LogP contribution in [0.4, 0.5) is 13.2 Å². The number of alkyl halides is 3. The number of piperidine rings is 1. The van der Waals surface area contributed by atoms with Gasteiger partial charge in [0, 0.05) is 20.1 Å². The number of hydrogen-bond donors (Lipinski definition) is 3. The molecular formula is C21H30F3N5O4. The fraction of sp³-hybridized carbons (Fsp3) is 0.762. The van der Waals surface area contributed by atoms with Crippen molar-refractivity contribution >= 4 is 23.6 Å². The van der Waals surface area contributed by atoms with Crippen LogP contribution in [0.1, 0.15) is 46.5 Å². The van der Waals surface area contributed by atoms with E-state index in [4.69, 9.17) is 0 Å². The lowest BCUT2D eigenvalue weighted by Crippen LogP contribution is -2.66. The van der Waals surface area contributed by atoms with E-state index in [2.05, 4.69) is 10.6 Å². The smallest absolute Gasteiger partial charge is 0.357 e. The van der Waals surface area contributed by atoms with Crippen LogP contribution in [0.15, 0.2) is 0 Å². The number of amides is 4. The molecule has 0 aliphatic carbocycles. The van der Waals surface area contributed by atoms with Crippen molar-refractivity contribution in [3.63, 3.8) is 0 Å². The van der Waals surface area contributed by atoms with E-state index in [0.717, 1.165) is 6.92 Å². The minimum absolute atomic E-state index is 0.0330. The van der Waals surface area contributed by atoms with Gasteiger partial charge in [-0.05, 0) is 38.5 Å². The number of nitrogens with zero attached hydrogens (tertiary/aromatic N) is 2. The second kappa shape index (κ2) is 9.57. The van der Waals surface area contributed by atoms with Gasteiger partial charge in [0.15, 0.2) is 0 Å². The van der Waals surface area contributed by atoms with Gasteiger partial charge in [0.25, 0.3) is 0 Å². The molecule has 2 aliphatic rings. The maximum Gasteiger partial charge on any atom is 0.471 e. The molecule has 0 radical (unpaired) electrons. The Morgan fingerprint density at radius 2 is 1.94 bits per heavy atom. The van der Waals surface area contributed by atoms with Gasteiger partial charge in [-0.3, -0.25) is 19.2 Å². The van der Waals surface area contributed by atoms with Crippen LogP contribution in [-0.2, 0) is 19.2 Å². The number of halogens is 3. The summed E-state index contributed by atoms with van der Waals surface area (Å²) in [6, 6.07) is 1.03. The van der Waals surface area contributed by atoms with Gasteiger partial charge >= 0.3 is 12.1 Å². The van der Waals surface area contributed by atoms with E-state index in [0.29, 0.717) is 19.4 Å². The van der Waals surface area contributed by atoms with E-state index in [-0.39, 0.29) is 31.2 Å². The summed E-state index contributed by atoms with van der Waals surface area (Å²) in [5.41, 5.74) is -3.21. The maximum absolute atomic E-state index is 13.7. The van der Waals surface area contributed by atoms with E-state index >= 15 is 0 Å². The Hall–Kier alpha value is -2.84. The van der Waals surface area contributed by atoms with Gasteiger partial charge in [0.2, 0.25) is 17.7 Å². The number of hydrogen-bond acceptors (Lipinski definition) is 5. The molecule has 4 atom stereocenters. The van der Waals surface area contributed by atoms with Gasteiger partial charge in [0.1, 0.15) is 11.6 Å². The molecule has 33 heavy (non-hydrogen) atoms. The number of likely N-dealkylation sites (N-methyl/N-ethyl adjacent to an activating group) is 1. The van der Waals surface area contributed by atoms with Crippen molar-refractivity contribution in [1.82, 2.24) is 20.9 Å². The second-order valence-corrected chi connectivity index (χ2v) is 9.37. The van der Waals surface area contributed by atoms with Crippen LogP contribution < -0.4 is 16.0 Å². The van der Waals surface area contributed by atoms with Gasteiger partial charge < -0.3 is 20.9 Å². The van der Waals surface area contributed by atoms with Crippen LogP contribution in [0.5, 0.6) is 0 Å². The quantitative estimate of drug-likeness (QED) is 0.526. The molecule has 0 aromatic heterocycles. The minimum Gasteiger partial charge on any atom is -0.357 e. The predicted molar refractivity (Wildman–Crippen MR) is 110 cm³/mol. The minimum atomic E-state index is -5.27. The molecule has 184 valence electrons.